The lowest BCUT2D eigenvalue weighted by Crippen LogP contribution is -2.29. The molecule has 1 rings (SSSR count). The topological polar surface area (TPSA) is 58.3 Å². The minimum Gasteiger partial charge on any atom is -0.396 e. The molecule has 0 bridgehead atoms. The fraction of sp³-hybridized carbons (Fsp3) is 0.538. The standard InChI is InChI=1S/C13H21BrN2O/c1-10-4-5-11(8-12(10)14)13(9-15)16-6-2-3-7-17/h4-5,8,13,16-17H,2-3,6-7,9,15H2,1H3. The quantitative estimate of drug-likeness (QED) is 0.676. The summed E-state index contributed by atoms with van der Waals surface area (Å²) in [6, 6.07) is 6.51. The van der Waals surface area contributed by atoms with Gasteiger partial charge in [-0.05, 0) is 43.5 Å². The summed E-state index contributed by atoms with van der Waals surface area (Å²) in [5.41, 5.74) is 8.21. The first-order chi connectivity index (χ1) is 8.19. The van der Waals surface area contributed by atoms with Crippen molar-refractivity contribution in [1.82, 2.24) is 5.32 Å². The Morgan fingerprint density at radius 1 is 1.41 bits per heavy atom. The predicted octanol–water partition coefficient (Wildman–Crippen LogP) is 2.12. The number of aliphatic hydroxyl groups excluding tert-OH is 1. The van der Waals surface area contributed by atoms with Gasteiger partial charge in [-0.1, -0.05) is 28.1 Å². The number of rotatable bonds is 7. The number of unbranched alkanes of at least 4 members (excludes halogenated alkanes) is 1. The van der Waals surface area contributed by atoms with Crippen LogP contribution in [0.15, 0.2) is 22.7 Å². The van der Waals surface area contributed by atoms with Crippen molar-refractivity contribution in [2.75, 3.05) is 19.7 Å². The van der Waals surface area contributed by atoms with Crippen LogP contribution in [0.2, 0.25) is 0 Å². The summed E-state index contributed by atoms with van der Waals surface area (Å²) in [6.45, 7) is 3.79. The lowest BCUT2D eigenvalue weighted by atomic mass is 10.1. The smallest absolute Gasteiger partial charge is 0.0444 e. The van der Waals surface area contributed by atoms with Crippen LogP contribution in [0.5, 0.6) is 0 Å². The minimum atomic E-state index is 0.186. The van der Waals surface area contributed by atoms with E-state index in [0.29, 0.717) is 6.54 Å². The summed E-state index contributed by atoms with van der Waals surface area (Å²) in [7, 11) is 0. The number of halogens is 1. The second kappa shape index (κ2) is 7.82. The lowest BCUT2D eigenvalue weighted by Gasteiger charge is -2.18. The summed E-state index contributed by atoms with van der Waals surface area (Å²) in [6.07, 6.45) is 1.81. The molecule has 0 saturated heterocycles. The van der Waals surface area contributed by atoms with Crippen molar-refractivity contribution in [3.63, 3.8) is 0 Å². The Morgan fingerprint density at radius 2 is 2.18 bits per heavy atom. The molecule has 0 saturated carbocycles. The fourth-order valence-electron chi connectivity index (χ4n) is 1.68. The number of aryl methyl sites for hydroxylation is 1. The molecular weight excluding hydrogens is 280 g/mol. The first kappa shape index (κ1) is 14.6. The molecule has 1 aromatic carbocycles. The minimum absolute atomic E-state index is 0.186. The number of hydrogen-bond donors (Lipinski definition) is 3. The molecule has 1 aromatic rings. The van der Waals surface area contributed by atoms with Crippen LogP contribution in [-0.2, 0) is 0 Å². The molecule has 4 N–H and O–H groups in total. The highest BCUT2D eigenvalue weighted by Gasteiger charge is 2.09. The van der Waals surface area contributed by atoms with Crippen LogP contribution in [0.4, 0.5) is 0 Å². The average molecular weight is 301 g/mol. The van der Waals surface area contributed by atoms with Crippen LogP contribution in [0.25, 0.3) is 0 Å². The largest absolute Gasteiger partial charge is 0.396 e. The van der Waals surface area contributed by atoms with Gasteiger partial charge in [-0.3, -0.25) is 0 Å². The zero-order chi connectivity index (χ0) is 12.7. The number of benzene rings is 1. The highest BCUT2D eigenvalue weighted by molar-refractivity contribution is 9.10. The molecule has 0 radical (unpaired) electrons. The van der Waals surface area contributed by atoms with Gasteiger partial charge in [0.1, 0.15) is 0 Å². The molecule has 96 valence electrons. The van der Waals surface area contributed by atoms with E-state index in [9.17, 15) is 0 Å². The van der Waals surface area contributed by atoms with Gasteiger partial charge >= 0.3 is 0 Å². The molecule has 3 nitrogen and oxygen atoms in total. The molecule has 0 aliphatic heterocycles. The predicted molar refractivity (Wildman–Crippen MR) is 75.0 cm³/mol. The molecule has 0 fully saturated rings. The van der Waals surface area contributed by atoms with Crippen LogP contribution in [-0.4, -0.2) is 24.8 Å². The number of nitrogens with two attached hydrogens (primary N) is 1. The molecule has 0 aromatic heterocycles. The van der Waals surface area contributed by atoms with Gasteiger partial charge in [-0.2, -0.15) is 0 Å². The fourth-order valence-corrected chi connectivity index (χ4v) is 2.07. The number of nitrogens with one attached hydrogen (secondary N) is 1. The molecule has 0 heterocycles. The van der Waals surface area contributed by atoms with E-state index in [0.717, 1.165) is 23.9 Å². The van der Waals surface area contributed by atoms with Gasteiger partial charge in [0.2, 0.25) is 0 Å². The van der Waals surface area contributed by atoms with Gasteiger partial charge in [-0.25, -0.2) is 0 Å². The normalized spacial score (nSPS) is 12.7. The van der Waals surface area contributed by atoms with Crippen molar-refractivity contribution in [2.24, 2.45) is 5.73 Å². The van der Waals surface area contributed by atoms with Crippen molar-refractivity contribution in [1.29, 1.82) is 0 Å². The van der Waals surface area contributed by atoms with Gasteiger partial charge in [0.15, 0.2) is 0 Å². The Balaban J connectivity index is 2.56. The zero-order valence-electron chi connectivity index (χ0n) is 10.2. The van der Waals surface area contributed by atoms with E-state index in [4.69, 9.17) is 10.8 Å². The first-order valence-electron chi connectivity index (χ1n) is 5.99. The van der Waals surface area contributed by atoms with Gasteiger partial charge in [-0.15, -0.1) is 0 Å². The third-order valence-electron chi connectivity index (χ3n) is 2.81. The number of aliphatic hydroxyl groups is 1. The molecule has 1 unspecified atom stereocenters. The molecule has 1 atom stereocenters. The Morgan fingerprint density at radius 3 is 2.76 bits per heavy atom. The second-order valence-corrected chi connectivity index (χ2v) is 5.04. The summed E-state index contributed by atoms with van der Waals surface area (Å²) < 4.78 is 1.12. The second-order valence-electron chi connectivity index (χ2n) is 4.18. The first-order valence-corrected chi connectivity index (χ1v) is 6.78. The van der Waals surface area contributed by atoms with E-state index < -0.39 is 0 Å². The van der Waals surface area contributed by atoms with Gasteiger partial charge in [0, 0.05) is 23.7 Å². The van der Waals surface area contributed by atoms with Gasteiger partial charge in [0.25, 0.3) is 0 Å². The van der Waals surface area contributed by atoms with E-state index in [1.54, 1.807) is 0 Å². The molecule has 0 aliphatic rings. The van der Waals surface area contributed by atoms with Crippen LogP contribution in [0.3, 0.4) is 0 Å². The molecule has 0 spiro atoms. The summed E-state index contributed by atoms with van der Waals surface area (Å²) in [5.74, 6) is 0. The third kappa shape index (κ3) is 4.76. The molecular formula is C13H21BrN2O. The molecule has 17 heavy (non-hydrogen) atoms. The van der Waals surface area contributed by atoms with E-state index >= 15 is 0 Å². The lowest BCUT2D eigenvalue weighted by molar-refractivity contribution is 0.282. The molecule has 0 amide bonds. The Bertz CT molecular complexity index is 344. The van der Waals surface area contributed by atoms with E-state index in [1.165, 1.54) is 11.1 Å². The monoisotopic (exact) mass is 300 g/mol. The van der Waals surface area contributed by atoms with Crippen LogP contribution < -0.4 is 11.1 Å². The Labute approximate surface area is 112 Å². The van der Waals surface area contributed by atoms with E-state index in [-0.39, 0.29) is 12.6 Å². The summed E-state index contributed by atoms with van der Waals surface area (Å²) in [4.78, 5) is 0. The van der Waals surface area contributed by atoms with E-state index in [1.807, 2.05) is 0 Å². The van der Waals surface area contributed by atoms with Crippen molar-refractivity contribution in [2.45, 2.75) is 25.8 Å². The third-order valence-corrected chi connectivity index (χ3v) is 3.66. The van der Waals surface area contributed by atoms with Crippen molar-refractivity contribution < 1.29 is 5.11 Å². The van der Waals surface area contributed by atoms with Gasteiger partial charge in [0.05, 0.1) is 0 Å². The Hall–Kier alpha value is -0.420. The zero-order valence-corrected chi connectivity index (χ0v) is 11.8. The summed E-state index contributed by atoms with van der Waals surface area (Å²) >= 11 is 3.53. The Kier molecular flexibility index (Phi) is 6.73. The van der Waals surface area contributed by atoms with E-state index in [2.05, 4.69) is 46.4 Å². The number of hydrogen-bond acceptors (Lipinski definition) is 3. The van der Waals surface area contributed by atoms with Gasteiger partial charge < -0.3 is 16.2 Å². The average Bonchev–Trinajstić information content (AvgIpc) is 2.33. The van der Waals surface area contributed by atoms with Crippen molar-refractivity contribution >= 4 is 15.9 Å². The summed E-state index contributed by atoms with van der Waals surface area (Å²) in [5, 5.41) is 12.1. The van der Waals surface area contributed by atoms with Crippen molar-refractivity contribution in [3.05, 3.63) is 33.8 Å². The maximum Gasteiger partial charge on any atom is 0.0444 e. The maximum atomic E-state index is 8.71. The molecule has 0 aliphatic carbocycles. The van der Waals surface area contributed by atoms with Crippen LogP contribution in [0.1, 0.15) is 30.0 Å². The highest BCUT2D eigenvalue weighted by Crippen LogP contribution is 2.21. The maximum absolute atomic E-state index is 8.71. The van der Waals surface area contributed by atoms with Crippen molar-refractivity contribution in [3.8, 4) is 0 Å². The SMILES string of the molecule is Cc1ccc(C(CN)NCCCCO)cc1Br. The molecule has 4 heteroatoms. The van der Waals surface area contributed by atoms with Crippen LogP contribution >= 0.6 is 15.9 Å². The van der Waals surface area contributed by atoms with Crippen LogP contribution in [0, 0.1) is 6.92 Å². The highest BCUT2D eigenvalue weighted by atomic mass is 79.9.